The number of hydrogen-bond acceptors (Lipinski definition) is 4. The summed E-state index contributed by atoms with van der Waals surface area (Å²) < 4.78 is 0.945. The fraction of sp³-hybridized carbons (Fsp3) is 0.409. The van der Waals surface area contributed by atoms with Crippen molar-refractivity contribution in [1.82, 2.24) is 15.2 Å². The van der Waals surface area contributed by atoms with Crippen molar-refractivity contribution in [3.05, 3.63) is 58.7 Å². The van der Waals surface area contributed by atoms with Gasteiger partial charge < -0.3 is 15.1 Å². The Kier molecular flexibility index (Phi) is 7.25. The molecule has 1 fully saturated rings. The van der Waals surface area contributed by atoms with Crippen LogP contribution in [0.1, 0.15) is 19.4 Å². The average Bonchev–Trinajstić information content (AvgIpc) is 2.73. The molecule has 1 unspecified atom stereocenters. The van der Waals surface area contributed by atoms with E-state index in [1.54, 1.807) is 6.20 Å². The lowest BCUT2D eigenvalue weighted by atomic mass is 10.0. The first-order valence-corrected chi connectivity index (χ1v) is 10.7. The highest BCUT2D eigenvalue weighted by Crippen LogP contribution is 2.17. The second kappa shape index (κ2) is 9.87. The summed E-state index contributed by atoms with van der Waals surface area (Å²) in [7, 11) is 0. The van der Waals surface area contributed by atoms with Gasteiger partial charge in [-0.15, -0.1) is 0 Å². The highest BCUT2D eigenvalue weighted by molar-refractivity contribution is 9.10. The first kappa shape index (κ1) is 21.3. The highest BCUT2D eigenvalue weighted by Gasteiger charge is 2.30. The van der Waals surface area contributed by atoms with E-state index >= 15 is 0 Å². The van der Waals surface area contributed by atoms with Gasteiger partial charge in [-0.3, -0.25) is 9.59 Å². The first-order chi connectivity index (χ1) is 13.9. The van der Waals surface area contributed by atoms with Crippen LogP contribution in [-0.4, -0.2) is 53.9 Å². The Morgan fingerprint density at radius 2 is 1.76 bits per heavy atom. The molecule has 1 atom stereocenters. The van der Waals surface area contributed by atoms with Gasteiger partial charge in [0.15, 0.2) is 0 Å². The second-order valence-electron chi connectivity index (χ2n) is 7.60. The van der Waals surface area contributed by atoms with E-state index < -0.39 is 6.04 Å². The molecule has 7 heteroatoms. The number of rotatable bonds is 6. The highest BCUT2D eigenvalue weighted by atomic mass is 79.9. The van der Waals surface area contributed by atoms with Crippen LogP contribution in [0.4, 0.5) is 5.82 Å². The van der Waals surface area contributed by atoms with Crippen LogP contribution in [0.3, 0.4) is 0 Å². The number of aromatic nitrogens is 1. The van der Waals surface area contributed by atoms with Crippen molar-refractivity contribution in [2.75, 3.05) is 31.1 Å². The number of hydrogen-bond donors (Lipinski definition) is 1. The molecule has 0 saturated carbocycles. The molecule has 1 aromatic carbocycles. The Balaban J connectivity index is 1.56. The van der Waals surface area contributed by atoms with Gasteiger partial charge in [0, 0.05) is 36.8 Å². The lowest BCUT2D eigenvalue weighted by Gasteiger charge is -2.37. The summed E-state index contributed by atoms with van der Waals surface area (Å²) in [5, 5.41) is 2.95. The lowest BCUT2D eigenvalue weighted by Crippen LogP contribution is -2.56. The van der Waals surface area contributed by atoms with Gasteiger partial charge in [-0.1, -0.05) is 44.2 Å². The molecule has 6 nitrogen and oxygen atoms in total. The molecule has 0 aliphatic carbocycles. The summed E-state index contributed by atoms with van der Waals surface area (Å²) in [5.74, 6) is 0.802. The predicted molar refractivity (Wildman–Crippen MR) is 118 cm³/mol. The number of carbonyl (C=O) groups excluding carboxylic acids is 2. The zero-order valence-electron chi connectivity index (χ0n) is 16.8. The summed E-state index contributed by atoms with van der Waals surface area (Å²) in [6.07, 6.45) is 2.06. The van der Waals surface area contributed by atoms with E-state index in [4.69, 9.17) is 0 Å². The molecule has 0 spiro atoms. The van der Waals surface area contributed by atoms with E-state index in [9.17, 15) is 9.59 Å². The molecule has 2 heterocycles. The van der Waals surface area contributed by atoms with Crippen molar-refractivity contribution in [3.63, 3.8) is 0 Å². The molecule has 0 radical (unpaired) electrons. The third-order valence-electron chi connectivity index (χ3n) is 5.08. The van der Waals surface area contributed by atoms with Gasteiger partial charge in [-0.25, -0.2) is 4.98 Å². The lowest BCUT2D eigenvalue weighted by molar-refractivity contribution is -0.137. The average molecular weight is 459 g/mol. The van der Waals surface area contributed by atoms with Gasteiger partial charge in [-0.05, 0) is 39.5 Å². The Morgan fingerprint density at radius 1 is 1.07 bits per heavy atom. The number of nitrogens with one attached hydrogen (secondary N) is 1. The summed E-state index contributed by atoms with van der Waals surface area (Å²) >= 11 is 3.40. The van der Waals surface area contributed by atoms with Crippen LogP contribution in [0, 0.1) is 5.92 Å². The van der Waals surface area contributed by atoms with E-state index in [0.717, 1.165) is 28.9 Å². The van der Waals surface area contributed by atoms with Crippen molar-refractivity contribution in [1.29, 1.82) is 0 Å². The van der Waals surface area contributed by atoms with Gasteiger partial charge in [0.1, 0.15) is 11.9 Å². The maximum absolute atomic E-state index is 13.1. The number of anilines is 1. The molecule has 29 heavy (non-hydrogen) atoms. The molecule has 154 valence electrons. The molecule has 2 aromatic rings. The minimum atomic E-state index is -0.511. The normalized spacial score (nSPS) is 15.3. The van der Waals surface area contributed by atoms with Crippen LogP contribution in [0.2, 0.25) is 0 Å². The summed E-state index contributed by atoms with van der Waals surface area (Å²) in [6, 6.07) is 13.0. The number of halogens is 1. The fourth-order valence-corrected chi connectivity index (χ4v) is 3.66. The third kappa shape index (κ3) is 5.79. The molecule has 1 saturated heterocycles. The van der Waals surface area contributed by atoms with Crippen LogP contribution in [0.15, 0.2) is 53.1 Å². The Bertz CT molecular complexity index is 818. The molecular formula is C22H27BrN4O2. The smallest absolute Gasteiger partial charge is 0.245 e. The number of piperazine rings is 1. The van der Waals surface area contributed by atoms with E-state index in [2.05, 4.69) is 31.1 Å². The van der Waals surface area contributed by atoms with Gasteiger partial charge in [0.05, 0.1) is 6.42 Å². The quantitative estimate of drug-likeness (QED) is 0.722. The molecule has 1 aliphatic rings. The molecule has 2 amide bonds. The molecule has 1 N–H and O–H groups in total. The Labute approximate surface area is 180 Å². The largest absolute Gasteiger partial charge is 0.353 e. The number of pyridine rings is 1. The van der Waals surface area contributed by atoms with Crippen LogP contribution < -0.4 is 10.2 Å². The molecule has 1 aromatic heterocycles. The number of carbonyl (C=O) groups is 2. The van der Waals surface area contributed by atoms with Crippen molar-refractivity contribution in [2.45, 2.75) is 26.3 Å². The van der Waals surface area contributed by atoms with Crippen molar-refractivity contribution in [2.24, 2.45) is 5.92 Å². The molecular weight excluding hydrogens is 432 g/mol. The maximum Gasteiger partial charge on any atom is 0.245 e. The van der Waals surface area contributed by atoms with Gasteiger partial charge >= 0.3 is 0 Å². The standard InChI is InChI=1S/C22H27BrN4O2/c1-16(2)21(25-20(28)14-17-6-4-3-5-7-17)22(29)27-12-10-26(11-13-27)19-9-8-18(23)15-24-19/h3-9,15-16,21H,10-14H2,1-2H3,(H,25,28). The van der Waals surface area contributed by atoms with Gasteiger partial charge in [0.25, 0.3) is 0 Å². The maximum atomic E-state index is 13.1. The van der Waals surface area contributed by atoms with Crippen molar-refractivity contribution < 1.29 is 9.59 Å². The zero-order valence-corrected chi connectivity index (χ0v) is 18.4. The summed E-state index contributed by atoms with van der Waals surface area (Å²) in [6.45, 7) is 6.62. The molecule has 0 bridgehead atoms. The van der Waals surface area contributed by atoms with E-state index in [1.807, 2.05) is 61.2 Å². The number of amides is 2. The van der Waals surface area contributed by atoms with Crippen molar-refractivity contribution >= 4 is 33.6 Å². The monoisotopic (exact) mass is 458 g/mol. The van der Waals surface area contributed by atoms with Crippen molar-refractivity contribution in [3.8, 4) is 0 Å². The second-order valence-corrected chi connectivity index (χ2v) is 8.51. The van der Waals surface area contributed by atoms with E-state index in [-0.39, 0.29) is 24.2 Å². The minimum absolute atomic E-state index is 0.00942. The van der Waals surface area contributed by atoms with Crippen LogP contribution in [0.25, 0.3) is 0 Å². The van der Waals surface area contributed by atoms with Gasteiger partial charge in [-0.2, -0.15) is 0 Å². The fourth-order valence-electron chi connectivity index (χ4n) is 3.43. The Morgan fingerprint density at radius 3 is 2.34 bits per heavy atom. The SMILES string of the molecule is CC(C)C(NC(=O)Cc1ccccc1)C(=O)N1CCN(c2ccc(Br)cn2)CC1. The number of benzene rings is 1. The Hall–Kier alpha value is -2.41. The van der Waals surface area contributed by atoms with Gasteiger partial charge in [0.2, 0.25) is 11.8 Å². The van der Waals surface area contributed by atoms with Crippen LogP contribution in [-0.2, 0) is 16.0 Å². The number of nitrogens with zero attached hydrogens (tertiary/aromatic N) is 3. The van der Waals surface area contributed by atoms with E-state index in [1.165, 1.54) is 0 Å². The molecule has 1 aliphatic heterocycles. The summed E-state index contributed by atoms with van der Waals surface area (Å²) in [4.78, 5) is 34.0. The first-order valence-electron chi connectivity index (χ1n) is 9.92. The summed E-state index contributed by atoms with van der Waals surface area (Å²) in [5.41, 5.74) is 0.940. The zero-order chi connectivity index (χ0) is 20.8. The van der Waals surface area contributed by atoms with Crippen LogP contribution in [0.5, 0.6) is 0 Å². The third-order valence-corrected chi connectivity index (χ3v) is 5.55. The van der Waals surface area contributed by atoms with Crippen LogP contribution >= 0.6 is 15.9 Å². The minimum Gasteiger partial charge on any atom is -0.353 e. The topological polar surface area (TPSA) is 65.5 Å². The van der Waals surface area contributed by atoms with E-state index in [0.29, 0.717) is 13.1 Å². The molecule has 3 rings (SSSR count). The predicted octanol–water partition coefficient (Wildman–Crippen LogP) is 2.88.